The van der Waals surface area contributed by atoms with Gasteiger partial charge in [-0.25, -0.2) is 4.79 Å². The van der Waals surface area contributed by atoms with Crippen molar-refractivity contribution in [3.63, 3.8) is 0 Å². The fraction of sp³-hybridized carbons (Fsp3) is 0.438. The second kappa shape index (κ2) is 6.39. The number of hydrogen-bond acceptors (Lipinski definition) is 2. The summed E-state index contributed by atoms with van der Waals surface area (Å²) in [6.45, 7) is 2.25. The van der Waals surface area contributed by atoms with Gasteiger partial charge in [0.25, 0.3) is 0 Å². The van der Waals surface area contributed by atoms with E-state index in [1.807, 2.05) is 13.0 Å². The second-order valence-corrected chi connectivity index (χ2v) is 4.65. The van der Waals surface area contributed by atoms with Gasteiger partial charge in [-0.3, -0.25) is 0 Å². The molecule has 2 nitrogen and oxygen atoms in total. The van der Waals surface area contributed by atoms with E-state index in [1.54, 1.807) is 0 Å². The lowest BCUT2D eigenvalue weighted by molar-refractivity contribution is -0.137. The monoisotopic (exact) mass is 244 g/mol. The number of rotatable bonds is 5. The van der Waals surface area contributed by atoms with E-state index in [0.29, 0.717) is 6.61 Å². The van der Waals surface area contributed by atoms with Gasteiger partial charge in [0.05, 0.1) is 6.61 Å². The predicted molar refractivity (Wildman–Crippen MR) is 72.6 cm³/mol. The molecule has 2 rings (SSSR count). The fourth-order valence-electron chi connectivity index (χ4n) is 2.40. The van der Waals surface area contributed by atoms with Crippen LogP contribution in [0.4, 0.5) is 0 Å². The third-order valence-corrected chi connectivity index (χ3v) is 3.30. The predicted octanol–water partition coefficient (Wildman–Crippen LogP) is 3.23. The zero-order valence-electron chi connectivity index (χ0n) is 10.9. The van der Waals surface area contributed by atoms with Crippen molar-refractivity contribution >= 4 is 5.97 Å². The molecule has 1 aromatic rings. The minimum atomic E-state index is -0.244. The zero-order valence-corrected chi connectivity index (χ0v) is 10.9. The number of allylic oxidation sites excluding steroid dienone is 1. The Labute approximate surface area is 109 Å². The molecule has 1 aliphatic carbocycles. The Morgan fingerprint density at radius 1 is 1.33 bits per heavy atom. The molecule has 0 atom stereocenters. The summed E-state index contributed by atoms with van der Waals surface area (Å²) in [5.74, 6) is -0.244. The molecular formula is C16H20O2. The number of aryl methyl sites for hydroxylation is 3. The van der Waals surface area contributed by atoms with E-state index >= 15 is 0 Å². The van der Waals surface area contributed by atoms with E-state index in [4.69, 9.17) is 4.74 Å². The second-order valence-electron chi connectivity index (χ2n) is 4.65. The normalized spacial score (nSPS) is 13.8. The molecule has 0 N–H and O–H groups in total. The van der Waals surface area contributed by atoms with Crippen LogP contribution in [0.1, 0.15) is 36.5 Å². The number of esters is 1. The van der Waals surface area contributed by atoms with Crippen LogP contribution in [0.2, 0.25) is 0 Å². The van der Waals surface area contributed by atoms with Crippen LogP contribution in [-0.2, 0) is 28.8 Å². The highest BCUT2D eigenvalue weighted by molar-refractivity contribution is 5.81. The number of carbonyl (C=O) groups excluding carboxylic acids is 1. The van der Waals surface area contributed by atoms with Crippen molar-refractivity contribution < 1.29 is 9.53 Å². The number of hydrogen-bond donors (Lipinski definition) is 0. The molecule has 0 fully saturated rings. The van der Waals surface area contributed by atoms with Crippen LogP contribution in [0.3, 0.4) is 0 Å². The minimum absolute atomic E-state index is 0.244. The van der Waals surface area contributed by atoms with Gasteiger partial charge in [-0.2, -0.15) is 0 Å². The lowest BCUT2D eigenvalue weighted by Gasteiger charge is -2.03. The van der Waals surface area contributed by atoms with Crippen molar-refractivity contribution in [3.05, 3.63) is 47.0 Å². The molecule has 96 valence electrons. The Hall–Kier alpha value is -1.57. The Morgan fingerprint density at radius 2 is 2.17 bits per heavy atom. The summed E-state index contributed by atoms with van der Waals surface area (Å²) in [5, 5.41) is 0. The number of carbonyl (C=O) groups is 1. The van der Waals surface area contributed by atoms with Gasteiger partial charge in [0.15, 0.2) is 0 Å². The first-order chi connectivity index (χ1) is 8.79. The molecule has 0 heterocycles. The molecule has 1 aromatic carbocycles. The number of ether oxygens (including phenoxy) is 1. The molecule has 18 heavy (non-hydrogen) atoms. The summed E-state index contributed by atoms with van der Waals surface area (Å²) in [6.07, 6.45) is 9.05. The highest BCUT2D eigenvalue weighted by Crippen LogP contribution is 2.23. The molecule has 0 saturated heterocycles. The van der Waals surface area contributed by atoms with Crippen molar-refractivity contribution in [1.29, 1.82) is 0 Å². The summed E-state index contributed by atoms with van der Waals surface area (Å²) in [6, 6.07) is 6.79. The molecule has 0 unspecified atom stereocenters. The molecule has 0 radical (unpaired) electrons. The molecule has 1 aliphatic rings. The van der Waals surface area contributed by atoms with Gasteiger partial charge in [0, 0.05) is 6.08 Å². The standard InChI is InChI=1S/C16H20O2/c1-2-18-16(17)9-4-3-6-13-10-11-14-7-5-8-15(14)12-13/h4,9-12H,2-3,5-8H2,1H3. The molecule has 0 saturated carbocycles. The number of benzene rings is 1. The average Bonchev–Trinajstić information content (AvgIpc) is 2.82. The summed E-state index contributed by atoms with van der Waals surface area (Å²) < 4.78 is 4.83. The van der Waals surface area contributed by atoms with Crippen LogP contribution in [-0.4, -0.2) is 12.6 Å². The maximum Gasteiger partial charge on any atom is 0.330 e. The van der Waals surface area contributed by atoms with Crippen LogP contribution >= 0.6 is 0 Å². The molecule has 0 aliphatic heterocycles. The molecular weight excluding hydrogens is 224 g/mol. The van der Waals surface area contributed by atoms with E-state index in [2.05, 4.69) is 18.2 Å². The van der Waals surface area contributed by atoms with Crippen LogP contribution in [0.5, 0.6) is 0 Å². The van der Waals surface area contributed by atoms with Gasteiger partial charge in [-0.05, 0) is 55.7 Å². The summed E-state index contributed by atoms with van der Waals surface area (Å²) >= 11 is 0. The van der Waals surface area contributed by atoms with Crippen molar-refractivity contribution in [3.8, 4) is 0 Å². The van der Waals surface area contributed by atoms with Crippen molar-refractivity contribution in [2.24, 2.45) is 0 Å². The fourth-order valence-corrected chi connectivity index (χ4v) is 2.40. The SMILES string of the molecule is CCOC(=O)C=CCCc1ccc2c(c1)CCC2. The van der Waals surface area contributed by atoms with E-state index in [9.17, 15) is 4.79 Å². The quantitative estimate of drug-likeness (QED) is 0.587. The van der Waals surface area contributed by atoms with Gasteiger partial charge >= 0.3 is 5.97 Å². The molecule has 2 heteroatoms. The van der Waals surface area contributed by atoms with Crippen molar-refractivity contribution in [1.82, 2.24) is 0 Å². The van der Waals surface area contributed by atoms with Crippen LogP contribution in [0.15, 0.2) is 30.4 Å². The van der Waals surface area contributed by atoms with Gasteiger partial charge in [-0.15, -0.1) is 0 Å². The first kappa shape index (κ1) is 12.9. The van der Waals surface area contributed by atoms with Crippen molar-refractivity contribution in [2.45, 2.75) is 39.0 Å². The Balaban J connectivity index is 1.82. The van der Waals surface area contributed by atoms with E-state index in [1.165, 1.54) is 42.0 Å². The first-order valence-corrected chi connectivity index (χ1v) is 6.73. The molecule has 0 spiro atoms. The van der Waals surface area contributed by atoms with E-state index < -0.39 is 0 Å². The maximum absolute atomic E-state index is 11.1. The first-order valence-electron chi connectivity index (χ1n) is 6.73. The topological polar surface area (TPSA) is 26.3 Å². The average molecular weight is 244 g/mol. The van der Waals surface area contributed by atoms with Gasteiger partial charge < -0.3 is 4.74 Å². The van der Waals surface area contributed by atoms with Gasteiger partial charge in [0.2, 0.25) is 0 Å². The Morgan fingerprint density at radius 3 is 3.00 bits per heavy atom. The lowest BCUT2D eigenvalue weighted by atomic mass is 10.0. The third kappa shape index (κ3) is 3.46. The lowest BCUT2D eigenvalue weighted by Crippen LogP contribution is -1.98. The van der Waals surface area contributed by atoms with Gasteiger partial charge in [0.1, 0.15) is 0 Å². The zero-order chi connectivity index (χ0) is 12.8. The summed E-state index contributed by atoms with van der Waals surface area (Å²) in [4.78, 5) is 11.1. The van der Waals surface area contributed by atoms with Crippen LogP contribution < -0.4 is 0 Å². The summed E-state index contributed by atoms with van der Waals surface area (Å²) in [5.41, 5.74) is 4.40. The molecule has 0 bridgehead atoms. The highest BCUT2D eigenvalue weighted by Gasteiger charge is 2.10. The van der Waals surface area contributed by atoms with E-state index in [0.717, 1.165) is 12.8 Å². The van der Waals surface area contributed by atoms with Crippen LogP contribution in [0, 0.1) is 0 Å². The Bertz CT molecular complexity index is 446. The Kier molecular flexibility index (Phi) is 4.57. The summed E-state index contributed by atoms with van der Waals surface area (Å²) in [7, 11) is 0. The van der Waals surface area contributed by atoms with E-state index in [-0.39, 0.29) is 5.97 Å². The largest absolute Gasteiger partial charge is 0.463 e. The minimum Gasteiger partial charge on any atom is -0.463 e. The molecule has 0 amide bonds. The highest BCUT2D eigenvalue weighted by atomic mass is 16.5. The van der Waals surface area contributed by atoms with Crippen LogP contribution in [0.25, 0.3) is 0 Å². The van der Waals surface area contributed by atoms with Gasteiger partial charge in [-0.1, -0.05) is 24.3 Å². The van der Waals surface area contributed by atoms with Crippen molar-refractivity contribution in [2.75, 3.05) is 6.61 Å². The number of fused-ring (bicyclic) bond motifs is 1. The third-order valence-electron chi connectivity index (χ3n) is 3.30. The molecule has 0 aromatic heterocycles. The smallest absolute Gasteiger partial charge is 0.330 e. The maximum atomic E-state index is 11.1.